The Morgan fingerprint density at radius 2 is 1.86 bits per heavy atom. The third kappa shape index (κ3) is 5.82. The Bertz CT molecular complexity index is 1380. The molecule has 36 heavy (non-hydrogen) atoms. The summed E-state index contributed by atoms with van der Waals surface area (Å²) in [5.74, 6) is 0.561. The number of hydrogen-bond donors (Lipinski definition) is 0. The van der Waals surface area contributed by atoms with E-state index < -0.39 is 16.1 Å². The van der Waals surface area contributed by atoms with Crippen LogP contribution in [0.25, 0.3) is 6.08 Å². The molecule has 0 aliphatic carbocycles. The number of carbonyl (C=O) groups excluding carboxylic acids is 2. The number of hydrogen-bond acceptors (Lipinski definition) is 7. The largest absolute Gasteiger partial charge is 0.490 e. The number of amides is 2. The van der Waals surface area contributed by atoms with Gasteiger partial charge in [0.15, 0.2) is 11.5 Å². The molecule has 11 heteroatoms. The zero-order valence-electron chi connectivity index (χ0n) is 18.8. The lowest BCUT2D eigenvalue weighted by atomic mass is 10.1. The highest BCUT2D eigenvalue weighted by atomic mass is 127. The number of halogens is 2. The number of rotatable bonds is 8. The van der Waals surface area contributed by atoms with Gasteiger partial charge < -0.3 is 9.47 Å². The van der Waals surface area contributed by atoms with Crippen LogP contribution in [0.4, 0.5) is 16.2 Å². The number of imide groups is 1. The highest BCUT2D eigenvalue weighted by Crippen LogP contribution is 2.39. The van der Waals surface area contributed by atoms with E-state index in [9.17, 15) is 19.7 Å². The van der Waals surface area contributed by atoms with Gasteiger partial charge in [-0.2, -0.15) is 0 Å². The second-order valence-corrected chi connectivity index (χ2v) is 10.1. The van der Waals surface area contributed by atoms with E-state index in [0.717, 1.165) is 25.8 Å². The first-order valence-corrected chi connectivity index (χ1v) is 12.9. The van der Waals surface area contributed by atoms with Crippen molar-refractivity contribution >= 4 is 74.6 Å². The van der Waals surface area contributed by atoms with Crippen molar-refractivity contribution in [2.75, 3.05) is 11.5 Å². The molecule has 1 saturated heterocycles. The van der Waals surface area contributed by atoms with Crippen LogP contribution >= 0.6 is 46.0 Å². The Labute approximate surface area is 229 Å². The van der Waals surface area contributed by atoms with Gasteiger partial charge >= 0.3 is 0 Å². The molecule has 0 atom stereocenters. The smallest absolute Gasteiger partial charge is 0.298 e. The second kappa shape index (κ2) is 11.3. The van der Waals surface area contributed by atoms with Crippen molar-refractivity contribution in [3.05, 3.63) is 95.4 Å². The molecule has 3 aromatic carbocycles. The van der Waals surface area contributed by atoms with E-state index in [2.05, 4.69) is 22.6 Å². The lowest BCUT2D eigenvalue weighted by Gasteiger charge is -2.15. The van der Waals surface area contributed by atoms with Gasteiger partial charge in [-0.15, -0.1) is 0 Å². The molecule has 1 aliphatic rings. The van der Waals surface area contributed by atoms with Crippen LogP contribution in [0.15, 0.2) is 65.6 Å². The number of ether oxygens (including phenoxy) is 2. The third-order valence-electron chi connectivity index (χ3n) is 5.02. The maximum Gasteiger partial charge on any atom is 0.298 e. The SMILES string of the molecule is CCOc1cc(/C=C2/SC(=O)N(c3cccc(Cl)c3)C2=O)cc(I)c1OCc1ccc([N+](=O)[O-])cc1. The van der Waals surface area contributed by atoms with Gasteiger partial charge in [-0.05, 0) is 101 Å². The van der Waals surface area contributed by atoms with E-state index in [0.29, 0.717) is 34.4 Å². The molecule has 1 aliphatic heterocycles. The second-order valence-electron chi connectivity index (χ2n) is 7.47. The fourth-order valence-corrected chi connectivity index (χ4v) is 5.21. The van der Waals surface area contributed by atoms with Gasteiger partial charge in [0.1, 0.15) is 6.61 Å². The molecule has 1 fully saturated rings. The zero-order valence-corrected chi connectivity index (χ0v) is 22.5. The van der Waals surface area contributed by atoms with E-state index in [1.165, 1.54) is 12.1 Å². The van der Waals surface area contributed by atoms with E-state index in [1.54, 1.807) is 48.5 Å². The lowest BCUT2D eigenvalue weighted by molar-refractivity contribution is -0.384. The van der Waals surface area contributed by atoms with Crippen LogP contribution in [0.5, 0.6) is 11.5 Å². The van der Waals surface area contributed by atoms with Crippen molar-refractivity contribution in [3.8, 4) is 11.5 Å². The average Bonchev–Trinajstić information content (AvgIpc) is 3.11. The van der Waals surface area contributed by atoms with Gasteiger partial charge in [0, 0.05) is 17.2 Å². The fourth-order valence-electron chi connectivity index (χ4n) is 3.40. The Morgan fingerprint density at radius 3 is 2.53 bits per heavy atom. The highest BCUT2D eigenvalue weighted by molar-refractivity contribution is 14.1. The zero-order chi connectivity index (χ0) is 25.8. The van der Waals surface area contributed by atoms with Crippen LogP contribution in [0.1, 0.15) is 18.1 Å². The summed E-state index contributed by atoms with van der Waals surface area (Å²) in [6.45, 7) is 2.42. The summed E-state index contributed by atoms with van der Waals surface area (Å²) < 4.78 is 12.5. The van der Waals surface area contributed by atoms with Crippen molar-refractivity contribution in [2.24, 2.45) is 0 Å². The Hall–Kier alpha value is -3.09. The predicted molar refractivity (Wildman–Crippen MR) is 148 cm³/mol. The van der Waals surface area contributed by atoms with Gasteiger partial charge in [0.2, 0.25) is 0 Å². The third-order valence-corrected chi connectivity index (χ3v) is 6.93. The number of anilines is 1. The Balaban J connectivity index is 1.57. The van der Waals surface area contributed by atoms with E-state index in [-0.39, 0.29) is 17.2 Å². The summed E-state index contributed by atoms with van der Waals surface area (Å²) in [6.07, 6.45) is 1.64. The molecule has 184 valence electrons. The number of nitro benzene ring substituents is 1. The summed E-state index contributed by atoms with van der Waals surface area (Å²) in [5.41, 5.74) is 1.85. The molecule has 4 rings (SSSR count). The molecule has 0 N–H and O–H groups in total. The molecule has 8 nitrogen and oxygen atoms in total. The van der Waals surface area contributed by atoms with Gasteiger partial charge in [-0.25, -0.2) is 4.90 Å². The number of benzene rings is 3. The number of carbonyl (C=O) groups is 2. The van der Waals surface area contributed by atoms with Crippen LogP contribution in [-0.4, -0.2) is 22.7 Å². The summed E-state index contributed by atoms with van der Waals surface area (Å²) in [7, 11) is 0. The quantitative estimate of drug-likeness (QED) is 0.113. The molecule has 0 radical (unpaired) electrons. The molecule has 0 aromatic heterocycles. The maximum absolute atomic E-state index is 13.0. The van der Waals surface area contributed by atoms with Crippen LogP contribution in [0.2, 0.25) is 5.02 Å². The molecule has 0 unspecified atom stereocenters. The summed E-state index contributed by atoms with van der Waals surface area (Å²) >= 11 is 8.99. The molecule has 3 aromatic rings. The number of thioether (sulfide) groups is 1. The standard InChI is InChI=1S/C25H18ClIN2O6S/c1-2-34-21-11-16(10-20(27)23(21)35-14-15-6-8-18(9-7-15)29(32)33)12-22-24(30)28(25(31)36-22)19-5-3-4-17(26)13-19/h3-13H,2,14H2,1H3/b22-12+. The molecule has 0 spiro atoms. The minimum absolute atomic E-state index is 0.00691. The summed E-state index contributed by atoms with van der Waals surface area (Å²) in [4.78, 5) is 37.3. The molecular weight excluding hydrogens is 619 g/mol. The van der Waals surface area contributed by atoms with Crippen LogP contribution < -0.4 is 14.4 Å². The maximum atomic E-state index is 13.0. The molecule has 1 heterocycles. The number of nitro groups is 1. The monoisotopic (exact) mass is 636 g/mol. The van der Waals surface area contributed by atoms with E-state index in [4.69, 9.17) is 21.1 Å². The van der Waals surface area contributed by atoms with Crippen molar-refractivity contribution in [2.45, 2.75) is 13.5 Å². The van der Waals surface area contributed by atoms with Crippen molar-refractivity contribution < 1.29 is 24.0 Å². The average molecular weight is 637 g/mol. The van der Waals surface area contributed by atoms with Crippen molar-refractivity contribution in [1.82, 2.24) is 0 Å². The van der Waals surface area contributed by atoms with Crippen molar-refractivity contribution in [1.29, 1.82) is 0 Å². The van der Waals surface area contributed by atoms with E-state index >= 15 is 0 Å². The van der Waals surface area contributed by atoms with Crippen molar-refractivity contribution in [3.63, 3.8) is 0 Å². The van der Waals surface area contributed by atoms with Gasteiger partial charge in [-0.1, -0.05) is 17.7 Å². The minimum Gasteiger partial charge on any atom is -0.490 e. The first kappa shape index (κ1) is 26.0. The molecular formula is C25H18ClIN2O6S. The van der Waals surface area contributed by atoms with Crippen LogP contribution in [0.3, 0.4) is 0 Å². The predicted octanol–water partition coefficient (Wildman–Crippen LogP) is 7.07. The van der Waals surface area contributed by atoms with Crippen LogP contribution in [-0.2, 0) is 11.4 Å². The molecule has 2 amide bonds. The first-order chi connectivity index (χ1) is 17.3. The number of non-ortho nitro benzene ring substituents is 1. The topological polar surface area (TPSA) is 99.0 Å². The lowest BCUT2D eigenvalue weighted by Crippen LogP contribution is -2.27. The summed E-state index contributed by atoms with van der Waals surface area (Å²) in [6, 6.07) is 16.2. The summed E-state index contributed by atoms with van der Waals surface area (Å²) in [5, 5.41) is 10.9. The highest BCUT2D eigenvalue weighted by Gasteiger charge is 2.36. The van der Waals surface area contributed by atoms with Gasteiger partial charge in [0.25, 0.3) is 16.8 Å². The number of nitrogens with zero attached hydrogens (tertiary/aromatic N) is 2. The Kier molecular flexibility index (Phi) is 8.17. The fraction of sp³-hybridized carbons (Fsp3) is 0.120. The minimum atomic E-state index is -0.455. The normalized spacial score (nSPS) is 14.4. The molecule has 0 saturated carbocycles. The first-order valence-electron chi connectivity index (χ1n) is 10.6. The molecule has 0 bridgehead atoms. The van der Waals surface area contributed by atoms with Gasteiger partial charge in [0.05, 0.1) is 25.7 Å². The Morgan fingerprint density at radius 1 is 1.11 bits per heavy atom. The van der Waals surface area contributed by atoms with Gasteiger partial charge in [-0.3, -0.25) is 19.7 Å². The van der Waals surface area contributed by atoms with E-state index in [1.807, 2.05) is 13.0 Å². The van der Waals surface area contributed by atoms with Crippen LogP contribution in [0, 0.1) is 13.7 Å².